The van der Waals surface area contributed by atoms with Crippen LogP contribution in [-0.2, 0) is 0 Å². The molecule has 1 aliphatic carbocycles. The third-order valence-corrected chi connectivity index (χ3v) is 4.68. The zero-order chi connectivity index (χ0) is 12.3. The normalized spacial score (nSPS) is 23.4. The minimum atomic E-state index is 0.496. The van der Waals surface area contributed by atoms with Gasteiger partial charge in [-0.05, 0) is 37.3 Å². The lowest BCUT2D eigenvalue weighted by Gasteiger charge is -2.21. The summed E-state index contributed by atoms with van der Waals surface area (Å²) in [6.07, 6.45) is 5.90. The molecule has 17 heavy (non-hydrogen) atoms. The Morgan fingerprint density at radius 2 is 2.29 bits per heavy atom. The van der Waals surface area contributed by atoms with Gasteiger partial charge in [-0.15, -0.1) is 0 Å². The molecule has 1 aromatic rings. The van der Waals surface area contributed by atoms with Crippen LogP contribution in [0.1, 0.15) is 24.8 Å². The average molecular weight is 267 g/mol. The molecule has 0 bridgehead atoms. The third kappa shape index (κ3) is 2.88. The SMILES string of the molecule is CSC1CCCC1Nc1ccc(C#N)cc1Cl. The maximum absolute atomic E-state index is 8.78. The number of benzene rings is 1. The first-order chi connectivity index (χ1) is 8.24. The lowest BCUT2D eigenvalue weighted by atomic mass is 10.2. The van der Waals surface area contributed by atoms with E-state index in [0.717, 1.165) is 5.69 Å². The van der Waals surface area contributed by atoms with E-state index >= 15 is 0 Å². The van der Waals surface area contributed by atoms with E-state index in [-0.39, 0.29) is 0 Å². The molecule has 1 fully saturated rings. The average Bonchev–Trinajstić information content (AvgIpc) is 2.79. The zero-order valence-corrected chi connectivity index (χ0v) is 11.3. The highest BCUT2D eigenvalue weighted by Crippen LogP contribution is 2.32. The molecule has 2 nitrogen and oxygen atoms in total. The van der Waals surface area contributed by atoms with Gasteiger partial charge in [0.25, 0.3) is 0 Å². The Hall–Kier alpha value is -0.850. The number of rotatable bonds is 3. The van der Waals surface area contributed by atoms with Crippen LogP contribution in [0, 0.1) is 11.3 Å². The summed E-state index contributed by atoms with van der Waals surface area (Å²) in [4.78, 5) is 0. The van der Waals surface area contributed by atoms with Crippen molar-refractivity contribution in [1.82, 2.24) is 0 Å². The lowest BCUT2D eigenvalue weighted by Crippen LogP contribution is -2.25. The molecular formula is C13H15ClN2S. The van der Waals surface area contributed by atoms with Crippen LogP contribution in [-0.4, -0.2) is 17.5 Å². The van der Waals surface area contributed by atoms with Gasteiger partial charge in [-0.2, -0.15) is 17.0 Å². The van der Waals surface area contributed by atoms with Crippen LogP contribution in [0.2, 0.25) is 5.02 Å². The van der Waals surface area contributed by atoms with E-state index in [1.165, 1.54) is 19.3 Å². The van der Waals surface area contributed by atoms with Crippen LogP contribution in [0.5, 0.6) is 0 Å². The van der Waals surface area contributed by atoms with Crippen LogP contribution < -0.4 is 5.32 Å². The van der Waals surface area contributed by atoms with Crippen LogP contribution >= 0.6 is 23.4 Å². The van der Waals surface area contributed by atoms with Crippen LogP contribution in [0.3, 0.4) is 0 Å². The van der Waals surface area contributed by atoms with Gasteiger partial charge in [0.05, 0.1) is 22.3 Å². The highest BCUT2D eigenvalue weighted by molar-refractivity contribution is 7.99. The standard InChI is InChI=1S/C13H15ClN2S/c1-17-13-4-2-3-12(13)16-11-6-5-9(8-15)7-10(11)14/h5-7,12-13,16H,2-4H2,1H3. The Labute approximate surface area is 111 Å². The highest BCUT2D eigenvalue weighted by Gasteiger charge is 2.26. The second kappa shape index (κ2) is 5.66. The lowest BCUT2D eigenvalue weighted by molar-refractivity contribution is 0.769. The van der Waals surface area contributed by atoms with Gasteiger partial charge in [0.15, 0.2) is 0 Å². The summed E-state index contributed by atoms with van der Waals surface area (Å²) in [5.74, 6) is 0. The first-order valence-electron chi connectivity index (χ1n) is 5.73. The van der Waals surface area contributed by atoms with E-state index in [1.807, 2.05) is 17.8 Å². The molecule has 0 heterocycles. The van der Waals surface area contributed by atoms with Crippen molar-refractivity contribution in [3.8, 4) is 6.07 Å². The summed E-state index contributed by atoms with van der Waals surface area (Å²) in [7, 11) is 0. The Morgan fingerprint density at radius 1 is 1.47 bits per heavy atom. The number of halogens is 1. The van der Waals surface area contributed by atoms with Gasteiger partial charge >= 0.3 is 0 Å². The molecule has 0 amide bonds. The van der Waals surface area contributed by atoms with Crippen LogP contribution in [0.15, 0.2) is 18.2 Å². The maximum atomic E-state index is 8.78. The van der Waals surface area contributed by atoms with Gasteiger partial charge in [0, 0.05) is 11.3 Å². The minimum absolute atomic E-state index is 0.496. The van der Waals surface area contributed by atoms with E-state index < -0.39 is 0 Å². The first kappa shape index (κ1) is 12.6. The molecule has 2 atom stereocenters. The molecule has 1 aliphatic rings. The van der Waals surface area contributed by atoms with Crippen molar-refractivity contribution in [3.63, 3.8) is 0 Å². The maximum Gasteiger partial charge on any atom is 0.0992 e. The summed E-state index contributed by atoms with van der Waals surface area (Å²) < 4.78 is 0. The molecule has 1 saturated carbocycles. The number of nitrogens with zero attached hydrogens (tertiary/aromatic N) is 1. The van der Waals surface area contributed by atoms with Gasteiger partial charge in [-0.3, -0.25) is 0 Å². The van der Waals surface area contributed by atoms with Crippen molar-refractivity contribution in [2.75, 3.05) is 11.6 Å². The van der Waals surface area contributed by atoms with Gasteiger partial charge in [-0.25, -0.2) is 0 Å². The number of hydrogen-bond donors (Lipinski definition) is 1. The van der Waals surface area contributed by atoms with Crippen LogP contribution in [0.4, 0.5) is 5.69 Å². The van der Waals surface area contributed by atoms with Gasteiger partial charge in [0.1, 0.15) is 0 Å². The molecule has 2 rings (SSSR count). The largest absolute Gasteiger partial charge is 0.380 e. The number of hydrogen-bond acceptors (Lipinski definition) is 3. The van der Waals surface area contributed by atoms with Gasteiger partial charge in [-0.1, -0.05) is 18.0 Å². The fraction of sp³-hybridized carbons (Fsp3) is 0.462. The summed E-state index contributed by atoms with van der Waals surface area (Å²) in [5.41, 5.74) is 1.55. The Morgan fingerprint density at radius 3 is 2.94 bits per heavy atom. The predicted molar refractivity (Wildman–Crippen MR) is 74.7 cm³/mol. The number of thioether (sulfide) groups is 1. The fourth-order valence-electron chi connectivity index (χ4n) is 2.27. The topological polar surface area (TPSA) is 35.8 Å². The Bertz CT molecular complexity index is 442. The monoisotopic (exact) mass is 266 g/mol. The van der Waals surface area contributed by atoms with Crippen molar-refractivity contribution in [2.24, 2.45) is 0 Å². The number of nitrogens with one attached hydrogen (secondary N) is 1. The molecule has 1 N–H and O–H groups in total. The molecule has 4 heteroatoms. The summed E-state index contributed by atoms with van der Waals surface area (Å²) in [5, 5.41) is 13.6. The highest BCUT2D eigenvalue weighted by atomic mass is 35.5. The molecule has 90 valence electrons. The molecular weight excluding hydrogens is 252 g/mol. The minimum Gasteiger partial charge on any atom is -0.380 e. The van der Waals surface area contributed by atoms with Crippen molar-refractivity contribution >= 4 is 29.1 Å². The van der Waals surface area contributed by atoms with E-state index in [1.54, 1.807) is 12.1 Å². The molecule has 2 unspecified atom stereocenters. The van der Waals surface area contributed by atoms with E-state index in [4.69, 9.17) is 16.9 Å². The van der Waals surface area contributed by atoms with Crippen molar-refractivity contribution in [1.29, 1.82) is 5.26 Å². The predicted octanol–water partition coefficient (Wildman–Crippen LogP) is 3.91. The molecule has 1 aromatic carbocycles. The number of nitriles is 1. The number of anilines is 1. The molecule has 0 radical (unpaired) electrons. The van der Waals surface area contributed by atoms with E-state index in [0.29, 0.717) is 21.9 Å². The quantitative estimate of drug-likeness (QED) is 0.901. The Balaban J connectivity index is 2.11. The second-order valence-corrected chi connectivity index (χ2v) is 5.75. The summed E-state index contributed by atoms with van der Waals surface area (Å²) in [6, 6.07) is 8.01. The molecule has 0 spiro atoms. The van der Waals surface area contributed by atoms with Crippen LogP contribution in [0.25, 0.3) is 0 Å². The second-order valence-electron chi connectivity index (χ2n) is 4.26. The van der Waals surface area contributed by atoms with E-state index in [2.05, 4.69) is 17.6 Å². The zero-order valence-electron chi connectivity index (χ0n) is 9.74. The smallest absolute Gasteiger partial charge is 0.0992 e. The molecule has 0 aromatic heterocycles. The van der Waals surface area contributed by atoms with E-state index in [9.17, 15) is 0 Å². The molecule has 0 saturated heterocycles. The summed E-state index contributed by atoms with van der Waals surface area (Å²) >= 11 is 8.07. The van der Waals surface area contributed by atoms with Crippen molar-refractivity contribution in [3.05, 3.63) is 28.8 Å². The fourth-order valence-corrected chi connectivity index (χ4v) is 3.44. The van der Waals surface area contributed by atoms with Crippen molar-refractivity contribution < 1.29 is 0 Å². The van der Waals surface area contributed by atoms with Gasteiger partial charge < -0.3 is 5.32 Å². The third-order valence-electron chi connectivity index (χ3n) is 3.19. The van der Waals surface area contributed by atoms with Gasteiger partial charge in [0.2, 0.25) is 0 Å². The molecule has 0 aliphatic heterocycles. The first-order valence-corrected chi connectivity index (χ1v) is 7.40. The Kier molecular flexibility index (Phi) is 4.20. The summed E-state index contributed by atoms with van der Waals surface area (Å²) in [6.45, 7) is 0. The van der Waals surface area contributed by atoms with Crippen molar-refractivity contribution in [2.45, 2.75) is 30.6 Å².